The molecule has 0 bridgehead atoms. The van der Waals surface area contributed by atoms with Gasteiger partial charge in [0.25, 0.3) is 5.69 Å². The minimum Gasteiger partial charge on any atom is -0.489 e. The van der Waals surface area contributed by atoms with Crippen LogP contribution in [-0.4, -0.2) is 4.92 Å². The van der Waals surface area contributed by atoms with Crippen molar-refractivity contribution in [3.63, 3.8) is 0 Å². The maximum atomic E-state index is 10.8. The standard InChI is InChI=1S/C16H18N2O3/c1-11(2)12-6-8-14(9-7-12)21-10-13-4-3-5-15(16(13)17)18(19)20/h3-9,11H,10,17H2,1-2H3. The second kappa shape index (κ2) is 6.26. The molecular formula is C16H18N2O3. The van der Waals surface area contributed by atoms with E-state index in [0.717, 1.165) is 0 Å². The summed E-state index contributed by atoms with van der Waals surface area (Å²) in [6.07, 6.45) is 0. The highest BCUT2D eigenvalue weighted by Crippen LogP contribution is 2.26. The van der Waals surface area contributed by atoms with Crippen LogP contribution >= 0.6 is 0 Å². The van der Waals surface area contributed by atoms with E-state index >= 15 is 0 Å². The first-order chi connectivity index (χ1) is 9.99. The van der Waals surface area contributed by atoms with Gasteiger partial charge in [0.2, 0.25) is 0 Å². The summed E-state index contributed by atoms with van der Waals surface area (Å²) < 4.78 is 5.64. The molecule has 0 aliphatic rings. The first-order valence-electron chi connectivity index (χ1n) is 6.73. The minimum atomic E-state index is -0.490. The highest BCUT2D eigenvalue weighted by molar-refractivity contribution is 5.62. The molecule has 5 nitrogen and oxygen atoms in total. The fraction of sp³-hybridized carbons (Fsp3) is 0.250. The molecule has 5 heteroatoms. The van der Waals surface area contributed by atoms with Crippen LogP contribution in [0.2, 0.25) is 0 Å². The lowest BCUT2D eigenvalue weighted by molar-refractivity contribution is -0.384. The number of nitrogen functional groups attached to an aromatic ring is 1. The van der Waals surface area contributed by atoms with E-state index in [1.807, 2.05) is 24.3 Å². The Bertz CT molecular complexity index is 636. The summed E-state index contributed by atoms with van der Waals surface area (Å²) in [4.78, 5) is 10.3. The van der Waals surface area contributed by atoms with Gasteiger partial charge in [0, 0.05) is 11.6 Å². The van der Waals surface area contributed by atoms with Crippen molar-refractivity contribution >= 4 is 11.4 Å². The number of hydrogen-bond donors (Lipinski definition) is 1. The van der Waals surface area contributed by atoms with Gasteiger partial charge in [-0.25, -0.2) is 0 Å². The zero-order chi connectivity index (χ0) is 15.4. The second-order valence-electron chi connectivity index (χ2n) is 5.12. The van der Waals surface area contributed by atoms with Gasteiger partial charge in [-0.2, -0.15) is 0 Å². The third-order valence-corrected chi connectivity index (χ3v) is 3.31. The van der Waals surface area contributed by atoms with Gasteiger partial charge in [-0.1, -0.05) is 38.1 Å². The molecule has 0 aromatic heterocycles. The Morgan fingerprint density at radius 1 is 1.19 bits per heavy atom. The van der Waals surface area contributed by atoms with Crippen LogP contribution in [0.4, 0.5) is 11.4 Å². The molecule has 0 saturated heterocycles. The van der Waals surface area contributed by atoms with Crippen molar-refractivity contribution in [1.82, 2.24) is 0 Å². The highest BCUT2D eigenvalue weighted by atomic mass is 16.6. The summed E-state index contributed by atoms with van der Waals surface area (Å²) in [5, 5.41) is 10.8. The molecule has 0 aliphatic heterocycles. The molecule has 0 heterocycles. The molecule has 2 rings (SSSR count). The van der Waals surface area contributed by atoms with Crippen molar-refractivity contribution < 1.29 is 9.66 Å². The number of ether oxygens (including phenoxy) is 1. The van der Waals surface area contributed by atoms with E-state index in [1.165, 1.54) is 11.6 Å². The molecule has 21 heavy (non-hydrogen) atoms. The quantitative estimate of drug-likeness (QED) is 0.514. The van der Waals surface area contributed by atoms with Crippen LogP contribution < -0.4 is 10.5 Å². The molecule has 0 radical (unpaired) electrons. The van der Waals surface area contributed by atoms with Crippen LogP contribution in [0.5, 0.6) is 5.75 Å². The highest BCUT2D eigenvalue weighted by Gasteiger charge is 2.14. The van der Waals surface area contributed by atoms with Crippen LogP contribution in [0.3, 0.4) is 0 Å². The fourth-order valence-corrected chi connectivity index (χ4v) is 1.99. The van der Waals surface area contributed by atoms with Crippen LogP contribution in [0, 0.1) is 10.1 Å². The molecular weight excluding hydrogens is 268 g/mol. The molecule has 0 atom stereocenters. The fourth-order valence-electron chi connectivity index (χ4n) is 1.99. The van der Waals surface area contributed by atoms with E-state index in [-0.39, 0.29) is 18.0 Å². The molecule has 0 amide bonds. The maximum absolute atomic E-state index is 10.8. The monoisotopic (exact) mass is 286 g/mol. The Morgan fingerprint density at radius 3 is 2.43 bits per heavy atom. The van der Waals surface area contributed by atoms with Gasteiger partial charge in [-0.3, -0.25) is 10.1 Å². The van der Waals surface area contributed by atoms with Gasteiger partial charge in [0.1, 0.15) is 18.0 Å². The van der Waals surface area contributed by atoms with Crippen LogP contribution in [0.1, 0.15) is 30.9 Å². The Hall–Kier alpha value is -2.56. The summed E-state index contributed by atoms with van der Waals surface area (Å²) in [6.45, 7) is 4.45. The van der Waals surface area contributed by atoms with Crippen LogP contribution in [0.25, 0.3) is 0 Å². The summed E-state index contributed by atoms with van der Waals surface area (Å²) in [5.74, 6) is 1.18. The summed E-state index contributed by atoms with van der Waals surface area (Å²) in [5.41, 5.74) is 7.70. The first kappa shape index (κ1) is 14.8. The number of nitrogens with two attached hydrogens (primary N) is 1. The zero-order valence-electron chi connectivity index (χ0n) is 12.1. The maximum Gasteiger partial charge on any atom is 0.292 e. The second-order valence-corrected chi connectivity index (χ2v) is 5.12. The van der Waals surface area contributed by atoms with E-state index in [1.54, 1.807) is 12.1 Å². The predicted octanol–water partition coefficient (Wildman–Crippen LogP) is 3.88. The Balaban J connectivity index is 2.09. The van der Waals surface area contributed by atoms with Crippen molar-refractivity contribution in [3.05, 3.63) is 63.7 Å². The first-order valence-corrected chi connectivity index (χ1v) is 6.73. The zero-order valence-corrected chi connectivity index (χ0v) is 12.1. The Kier molecular flexibility index (Phi) is 4.42. The summed E-state index contributed by atoms with van der Waals surface area (Å²) in [6, 6.07) is 12.5. The largest absolute Gasteiger partial charge is 0.489 e. The van der Waals surface area contributed by atoms with Crippen molar-refractivity contribution in [1.29, 1.82) is 0 Å². The Labute approximate surface area is 123 Å². The molecule has 0 spiro atoms. The number of nitro groups is 1. The molecule has 0 saturated carbocycles. The lowest BCUT2D eigenvalue weighted by Gasteiger charge is -2.10. The van der Waals surface area contributed by atoms with Crippen molar-refractivity contribution in [2.24, 2.45) is 0 Å². The van der Waals surface area contributed by atoms with Gasteiger partial charge < -0.3 is 10.5 Å². The molecule has 2 aromatic rings. The lowest BCUT2D eigenvalue weighted by atomic mass is 10.0. The molecule has 2 N–H and O–H groups in total. The normalized spacial score (nSPS) is 10.6. The number of nitrogens with zero attached hydrogens (tertiary/aromatic N) is 1. The molecule has 0 unspecified atom stereocenters. The number of benzene rings is 2. The van der Waals surface area contributed by atoms with Gasteiger partial charge >= 0.3 is 0 Å². The van der Waals surface area contributed by atoms with Crippen molar-refractivity contribution in [2.45, 2.75) is 26.4 Å². The van der Waals surface area contributed by atoms with E-state index in [9.17, 15) is 10.1 Å². The third kappa shape index (κ3) is 3.51. The minimum absolute atomic E-state index is 0.0914. The van der Waals surface area contributed by atoms with E-state index in [2.05, 4.69) is 13.8 Å². The molecule has 2 aromatic carbocycles. The Morgan fingerprint density at radius 2 is 1.86 bits per heavy atom. The van der Waals surface area contributed by atoms with Gasteiger partial charge in [0.15, 0.2) is 0 Å². The smallest absolute Gasteiger partial charge is 0.292 e. The average molecular weight is 286 g/mol. The average Bonchev–Trinajstić information content (AvgIpc) is 2.46. The van der Waals surface area contributed by atoms with Crippen LogP contribution in [0.15, 0.2) is 42.5 Å². The SMILES string of the molecule is CC(C)c1ccc(OCc2cccc([N+](=O)[O-])c2N)cc1. The third-order valence-electron chi connectivity index (χ3n) is 3.31. The number of nitro benzene ring substituents is 1. The predicted molar refractivity (Wildman–Crippen MR) is 82.4 cm³/mol. The molecule has 110 valence electrons. The molecule has 0 aliphatic carbocycles. The van der Waals surface area contributed by atoms with E-state index in [4.69, 9.17) is 10.5 Å². The molecule has 0 fully saturated rings. The lowest BCUT2D eigenvalue weighted by Crippen LogP contribution is -2.03. The number of anilines is 1. The van der Waals surface area contributed by atoms with Gasteiger partial charge in [-0.15, -0.1) is 0 Å². The van der Waals surface area contributed by atoms with Crippen molar-refractivity contribution in [2.75, 3.05) is 5.73 Å². The number of rotatable bonds is 5. The van der Waals surface area contributed by atoms with E-state index < -0.39 is 4.92 Å². The van der Waals surface area contributed by atoms with Gasteiger partial charge in [0.05, 0.1) is 4.92 Å². The topological polar surface area (TPSA) is 78.4 Å². The number of para-hydroxylation sites is 1. The van der Waals surface area contributed by atoms with Crippen LogP contribution in [-0.2, 0) is 6.61 Å². The van der Waals surface area contributed by atoms with Gasteiger partial charge in [-0.05, 0) is 23.6 Å². The summed E-state index contributed by atoms with van der Waals surface area (Å²) >= 11 is 0. The van der Waals surface area contributed by atoms with E-state index in [0.29, 0.717) is 17.2 Å². The summed E-state index contributed by atoms with van der Waals surface area (Å²) in [7, 11) is 0. The van der Waals surface area contributed by atoms with Crippen molar-refractivity contribution in [3.8, 4) is 5.75 Å². The number of hydrogen-bond acceptors (Lipinski definition) is 4.